The molecule has 3 heteroatoms. The monoisotopic (exact) mass is 283 g/mol. The molecule has 0 aliphatic rings. The van der Waals surface area contributed by atoms with Crippen LogP contribution in [0.15, 0.2) is 24.3 Å². The molecule has 0 aliphatic heterocycles. The predicted octanol–water partition coefficient (Wildman–Crippen LogP) is 3.49. The van der Waals surface area contributed by atoms with Gasteiger partial charge in [0.15, 0.2) is 0 Å². The molecule has 112 valence electrons. The van der Waals surface area contributed by atoms with E-state index in [9.17, 15) is 0 Å². The third kappa shape index (κ3) is 4.36. The fourth-order valence-corrected chi connectivity index (χ4v) is 2.42. The number of nitrogens with one attached hydrogen (secondary N) is 1. The van der Waals surface area contributed by atoms with Crippen LogP contribution in [-0.2, 0) is 13.0 Å². The highest BCUT2D eigenvalue weighted by molar-refractivity contribution is 5.28. The molecular formula is C18H25N3. The van der Waals surface area contributed by atoms with E-state index >= 15 is 0 Å². The highest BCUT2D eigenvalue weighted by atomic mass is 14.9. The molecule has 0 radical (unpaired) electrons. The lowest BCUT2D eigenvalue weighted by Crippen LogP contribution is -2.17. The fourth-order valence-electron chi connectivity index (χ4n) is 2.42. The molecule has 0 aliphatic carbocycles. The van der Waals surface area contributed by atoms with Gasteiger partial charge in [-0.2, -0.15) is 0 Å². The number of benzene rings is 1. The quantitative estimate of drug-likeness (QED) is 0.825. The normalized spacial score (nSPS) is 10.9. The number of rotatable bonds is 6. The van der Waals surface area contributed by atoms with Crippen molar-refractivity contribution >= 4 is 0 Å². The van der Waals surface area contributed by atoms with Crippen molar-refractivity contribution in [1.29, 1.82) is 0 Å². The van der Waals surface area contributed by atoms with Gasteiger partial charge in [0.25, 0.3) is 0 Å². The maximum absolute atomic E-state index is 4.68. The second-order valence-electron chi connectivity index (χ2n) is 5.63. The molecule has 0 amide bonds. The minimum absolute atomic E-state index is 0.796. The van der Waals surface area contributed by atoms with Crippen LogP contribution < -0.4 is 5.32 Å². The Balaban J connectivity index is 2.13. The number of nitrogens with zero attached hydrogens (tertiary/aromatic N) is 2. The fraction of sp³-hybridized carbons (Fsp3) is 0.444. The molecule has 0 spiro atoms. The summed E-state index contributed by atoms with van der Waals surface area (Å²) in [6, 6.07) is 8.58. The SMILES string of the molecule is CCCNCc1c(C)nc(Cc2ccc(C)cc2)nc1C. The summed E-state index contributed by atoms with van der Waals surface area (Å²) in [7, 11) is 0. The van der Waals surface area contributed by atoms with Crippen LogP contribution in [0, 0.1) is 20.8 Å². The Morgan fingerprint density at radius 2 is 1.57 bits per heavy atom. The van der Waals surface area contributed by atoms with Crippen molar-refractivity contribution in [3.05, 3.63) is 58.2 Å². The van der Waals surface area contributed by atoms with E-state index in [4.69, 9.17) is 0 Å². The zero-order valence-corrected chi connectivity index (χ0v) is 13.5. The molecule has 1 aromatic carbocycles. The summed E-state index contributed by atoms with van der Waals surface area (Å²) < 4.78 is 0. The van der Waals surface area contributed by atoms with Gasteiger partial charge in [0, 0.05) is 29.9 Å². The standard InChI is InChI=1S/C18H25N3/c1-5-10-19-12-17-14(3)20-18(21-15(17)4)11-16-8-6-13(2)7-9-16/h6-9,19H,5,10-12H2,1-4H3. The molecule has 0 unspecified atom stereocenters. The van der Waals surface area contributed by atoms with E-state index in [1.807, 2.05) is 0 Å². The highest BCUT2D eigenvalue weighted by Gasteiger charge is 2.08. The first kappa shape index (κ1) is 15.6. The molecular weight excluding hydrogens is 258 g/mol. The van der Waals surface area contributed by atoms with E-state index in [0.29, 0.717) is 0 Å². The van der Waals surface area contributed by atoms with Gasteiger partial charge in [-0.05, 0) is 39.3 Å². The molecule has 2 rings (SSSR count). The van der Waals surface area contributed by atoms with Crippen LogP contribution >= 0.6 is 0 Å². The first-order valence-electron chi connectivity index (χ1n) is 7.69. The summed E-state index contributed by atoms with van der Waals surface area (Å²) in [6.07, 6.45) is 1.94. The number of aryl methyl sites for hydroxylation is 3. The predicted molar refractivity (Wildman–Crippen MR) is 87.5 cm³/mol. The van der Waals surface area contributed by atoms with Crippen LogP contribution in [-0.4, -0.2) is 16.5 Å². The summed E-state index contributed by atoms with van der Waals surface area (Å²) in [5.74, 6) is 0.910. The van der Waals surface area contributed by atoms with Gasteiger partial charge in [0.1, 0.15) is 5.82 Å². The van der Waals surface area contributed by atoms with E-state index < -0.39 is 0 Å². The number of hydrogen-bond acceptors (Lipinski definition) is 3. The van der Waals surface area contributed by atoms with Crippen molar-refractivity contribution in [2.75, 3.05) is 6.54 Å². The zero-order valence-electron chi connectivity index (χ0n) is 13.5. The first-order valence-corrected chi connectivity index (χ1v) is 7.69. The molecule has 0 saturated heterocycles. The number of hydrogen-bond donors (Lipinski definition) is 1. The lowest BCUT2D eigenvalue weighted by atomic mass is 10.1. The van der Waals surface area contributed by atoms with Gasteiger partial charge in [-0.3, -0.25) is 0 Å². The van der Waals surface area contributed by atoms with Gasteiger partial charge in [0.2, 0.25) is 0 Å². The third-order valence-corrected chi connectivity index (χ3v) is 3.68. The van der Waals surface area contributed by atoms with Gasteiger partial charge < -0.3 is 5.32 Å². The van der Waals surface area contributed by atoms with Crippen LogP contribution in [0.2, 0.25) is 0 Å². The summed E-state index contributed by atoms with van der Waals surface area (Å²) >= 11 is 0. The second kappa shape index (κ2) is 7.32. The molecule has 3 nitrogen and oxygen atoms in total. The Hall–Kier alpha value is -1.74. The lowest BCUT2D eigenvalue weighted by molar-refractivity contribution is 0.662. The van der Waals surface area contributed by atoms with Crippen molar-refractivity contribution in [2.24, 2.45) is 0 Å². The smallest absolute Gasteiger partial charge is 0.133 e. The molecule has 0 bridgehead atoms. The molecule has 2 aromatic rings. The summed E-state index contributed by atoms with van der Waals surface area (Å²) in [6.45, 7) is 10.3. The number of aromatic nitrogens is 2. The lowest BCUT2D eigenvalue weighted by Gasteiger charge is -2.11. The molecule has 1 heterocycles. The third-order valence-electron chi connectivity index (χ3n) is 3.68. The van der Waals surface area contributed by atoms with E-state index in [0.717, 1.165) is 43.1 Å². The minimum Gasteiger partial charge on any atom is -0.313 e. The van der Waals surface area contributed by atoms with Crippen molar-refractivity contribution in [1.82, 2.24) is 15.3 Å². The van der Waals surface area contributed by atoms with Gasteiger partial charge >= 0.3 is 0 Å². The Kier molecular flexibility index (Phi) is 5.45. The van der Waals surface area contributed by atoms with Crippen molar-refractivity contribution in [2.45, 2.75) is 47.1 Å². The van der Waals surface area contributed by atoms with E-state index in [1.165, 1.54) is 16.7 Å². The van der Waals surface area contributed by atoms with Crippen LogP contribution in [0.4, 0.5) is 0 Å². The summed E-state index contributed by atoms with van der Waals surface area (Å²) in [4.78, 5) is 9.36. The van der Waals surface area contributed by atoms with Crippen molar-refractivity contribution in [3.8, 4) is 0 Å². The second-order valence-corrected chi connectivity index (χ2v) is 5.63. The van der Waals surface area contributed by atoms with Gasteiger partial charge in [-0.1, -0.05) is 36.8 Å². The Labute approximate surface area is 127 Å². The molecule has 0 atom stereocenters. The van der Waals surface area contributed by atoms with E-state index in [-0.39, 0.29) is 0 Å². The first-order chi connectivity index (χ1) is 10.1. The van der Waals surface area contributed by atoms with Gasteiger partial charge in [0.05, 0.1) is 0 Å². The largest absolute Gasteiger partial charge is 0.313 e. The highest BCUT2D eigenvalue weighted by Crippen LogP contribution is 2.13. The topological polar surface area (TPSA) is 37.8 Å². The molecule has 0 fully saturated rings. The van der Waals surface area contributed by atoms with E-state index in [1.54, 1.807) is 0 Å². The van der Waals surface area contributed by atoms with Crippen LogP contribution in [0.3, 0.4) is 0 Å². The van der Waals surface area contributed by atoms with Crippen molar-refractivity contribution in [3.63, 3.8) is 0 Å². The zero-order chi connectivity index (χ0) is 15.2. The average molecular weight is 283 g/mol. The Bertz CT molecular complexity index is 565. The minimum atomic E-state index is 0.796. The summed E-state index contributed by atoms with van der Waals surface area (Å²) in [5.41, 5.74) is 5.96. The molecule has 1 aromatic heterocycles. The van der Waals surface area contributed by atoms with Gasteiger partial charge in [-0.15, -0.1) is 0 Å². The van der Waals surface area contributed by atoms with Crippen molar-refractivity contribution < 1.29 is 0 Å². The van der Waals surface area contributed by atoms with Crippen LogP contribution in [0.5, 0.6) is 0 Å². The van der Waals surface area contributed by atoms with E-state index in [2.05, 4.69) is 67.2 Å². The van der Waals surface area contributed by atoms with Gasteiger partial charge in [-0.25, -0.2) is 9.97 Å². The van der Waals surface area contributed by atoms with Crippen LogP contribution in [0.1, 0.15) is 47.2 Å². The molecule has 21 heavy (non-hydrogen) atoms. The average Bonchev–Trinajstić information content (AvgIpc) is 2.44. The maximum atomic E-state index is 4.68. The maximum Gasteiger partial charge on any atom is 0.133 e. The Morgan fingerprint density at radius 3 is 2.14 bits per heavy atom. The molecule has 0 saturated carbocycles. The van der Waals surface area contributed by atoms with Crippen LogP contribution in [0.25, 0.3) is 0 Å². The Morgan fingerprint density at radius 1 is 0.952 bits per heavy atom. The summed E-state index contributed by atoms with van der Waals surface area (Å²) in [5, 5.41) is 3.43. The molecule has 1 N–H and O–H groups in total.